The summed E-state index contributed by atoms with van der Waals surface area (Å²) in [6.07, 6.45) is 1.08. The van der Waals surface area contributed by atoms with E-state index in [2.05, 4.69) is 68.9 Å². The highest BCUT2D eigenvalue weighted by molar-refractivity contribution is 9.10. The second-order valence-electron chi connectivity index (χ2n) is 4.20. The van der Waals surface area contributed by atoms with E-state index in [9.17, 15) is 0 Å². The molecular weight excluding hydrogens is 308 g/mol. The summed E-state index contributed by atoms with van der Waals surface area (Å²) in [7, 11) is 4.07. The van der Waals surface area contributed by atoms with Gasteiger partial charge in [-0.2, -0.15) is 0 Å². The number of benzene rings is 1. The molecule has 0 saturated heterocycles. The van der Waals surface area contributed by atoms with E-state index in [-0.39, 0.29) is 0 Å². The number of nitrogens with one attached hydrogen (secondary N) is 1. The standard InChI is InChI=1S/C14H17BrN2S/c1-16-12-3-5-13(6-4-12)17(2)8-7-14-9-11(15)10-18-14/h3-6,9-10,16H,7-8H2,1-2H3. The molecule has 1 aromatic carbocycles. The third-order valence-electron chi connectivity index (χ3n) is 2.91. The van der Waals surface area contributed by atoms with E-state index >= 15 is 0 Å². The van der Waals surface area contributed by atoms with E-state index in [4.69, 9.17) is 0 Å². The molecule has 2 nitrogen and oxygen atoms in total. The summed E-state index contributed by atoms with van der Waals surface area (Å²) in [5, 5.41) is 5.27. The number of anilines is 2. The van der Waals surface area contributed by atoms with Gasteiger partial charge in [-0.05, 0) is 52.7 Å². The molecule has 1 N–H and O–H groups in total. The van der Waals surface area contributed by atoms with E-state index < -0.39 is 0 Å². The average Bonchev–Trinajstić information content (AvgIpc) is 2.82. The molecule has 0 saturated carbocycles. The summed E-state index contributed by atoms with van der Waals surface area (Å²) in [5.41, 5.74) is 2.40. The van der Waals surface area contributed by atoms with Gasteiger partial charge in [-0.25, -0.2) is 0 Å². The third-order valence-corrected chi connectivity index (χ3v) is 4.67. The van der Waals surface area contributed by atoms with Crippen molar-refractivity contribution >= 4 is 38.6 Å². The SMILES string of the molecule is CNc1ccc(N(C)CCc2cc(Br)cs2)cc1. The molecule has 96 valence electrons. The zero-order chi connectivity index (χ0) is 13.0. The Morgan fingerprint density at radius 1 is 1.28 bits per heavy atom. The Hall–Kier alpha value is -1.00. The topological polar surface area (TPSA) is 15.3 Å². The lowest BCUT2D eigenvalue weighted by Crippen LogP contribution is -2.19. The van der Waals surface area contributed by atoms with E-state index in [1.54, 1.807) is 0 Å². The van der Waals surface area contributed by atoms with Gasteiger partial charge in [0.05, 0.1) is 0 Å². The predicted octanol–water partition coefficient (Wildman–Crippen LogP) is 4.23. The molecule has 4 heteroatoms. The van der Waals surface area contributed by atoms with Crippen molar-refractivity contribution in [3.8, 4) is 0 Å². The summed E-state index contributed by atoms with van der Waals surface area (Å²) in [6.45, 7) is 1.03. The van der Waals surface area contributed by atoms with Crippen LogP contribution in [0.5, 0.6) is 0 Å². The first-order chi connectivity index (χ1) is 8.69. The molecule has 1 heterocycles. The first kappa shape index (κ1) is 13.4. The molecule has 0 radical (unpaired) electrons. The van der Waals surface area contributed by atoms with Gasteiger partial charge in [0, 0.05) is 46.7 Å². The molecule has 2 rings (SSSR count). The molecule has 0 spiro atoms. The van der Waals surface area contributed by atoms with Gasteiger partial charge >= 0.3 is 0 Å². The minimum atomic E-state index is 1.03. The number of halogens is 1. The molecule has 18 heavy (non-hydrogen) atoms. The van der Waals surface area contributed by atoms with E-state index in [1.807, 2.05) is 18.4 Å². The quantitative estimate of drug-likeness (QED) is 0.885. The van der Waals surface area contributed by atoms with Crippen LogP contribution < -0.4 is 10.2 Å². The number of rotatable bonds is 5. The maximum absolute atomic E-state index is 3.49. The van der Waals surface area contributed by atoms with E-state index in [1.165, 1.54) is 15.0 Å². The van der Waals surface area contributed by atoms with Crippen molar-refractivity contribution in [3.63, 3.8) is 0 Å². The lowest BCUT2D eigenvalue weighted by atomic mass is 10.2. The van der Waals surface area contributed by atoms with Crippen LogP contribution in [-0.2, 0) is 6.42 Å². The van der Waals surface area contributed by atoms with Gasteiger partial charge in [-0.15, -0.1) is 11.3 Å². The van der Waals surface area contributed by atoms with Gasteiger partial charge in [-0.3, -0.25) is 0 Å². The summed E-state index contributed by atoms with van der Waals surface area (Å²) in [6, 6.07) is 10.7. The molecule has 0 unspecified atom stereocenters. The van der Waals surface area contributed by atoms with Crippen LogP contribution in [0.15, 0.2) is 40.2 Å². The molecule has 0 bridgehead atoms. The number of nitrogens with zero attached hydrogens (tertiary/aromatic N) is 1. The summed E-state index contributed by atoms with van der Waals surface area (Å²) >= 11 is 5.30. The van der Waals surface area contributed by atoms with Gasteiger partial charge in [0.15, 0.2) is 0 Å². The van der Waals surface area contributed by atoms with Crippen LogP contribution >= 0.6 is 27.3 Å². The predicted molar refractivity (Wildman–Crippen MR) is 85.0 cm³/mol. The number of likely N-dealkylation sites (N-methyl/N-ethyl adjacent to an activating group) is 1. The van der Waals surface area contributed by atoms with Gasteiger partial charge in [-0.1, -0.05) is 0 Å². The average molecular weight is 325 g/mol. The number of hydrogen-bond acceptors (Lipinski definition) is 3. The Bertz CT molecular complexity index is 493. The Labute approximate surface area is 121 Å². The van der Waals surface area contributed by atoms with Crippen LogP contribution in [0.25, 0.3) is 0 Å². The lowest BCUT2D eigenvalue weighted by molar-refractivity contribution is 0.887. The highest BCUT2D eigenvalue weighted by atomic mass is 79.9. The van der Waals surface area contributed by atoms with Crippen molar-refractivity contribution in [2.75, 3.05) is 30.9 Å². The normalized spacial score (nSPS) is 10.4. The fourth-order valence-electron chi connectivity index (χ4n) is 1.77. The lowest BCUT2D eigenvalue weighted by Gasteiger charge is -2.19. The fraction of sp³-hybridized carbons (Fsp3) is 0.286. The van der Waals surface area contributed by atoms with Crippen LogP contribution in [0.3, 0.4) is 0 Å². The highest BCUT2D eigenvalue weighted by Crippen LogP contribution is 2.21. The first-order valence-corrected chi connectivity index (χ1v) is 7.58. The summed E-state index contributed by atoms with van der Waals surface area (Å²) in [5.74, 6) is 0. The van der Waals surface area contributed by atoms with Crippen LogP contribution in [-0.4, -0.2) is 20.6 Å². The molecule has 0 fully saturated rings. The molecule has 0 amide bonds. The van der Waals surface area contributed by atoms with Crippen molar-refractivity contribution in [2.24, 2.45) is 0 Å². The van der Waals surface area contributed by atoms with Crippen LogP contribution in [0.1, 0.15) is 4.88 Å². The van der Waals surface area contributed by atoms with Crippen molar-refractivity contribution in [3.05, 3.63) is 45.1 Å². The van der Waals surface area contributed by atoms with Gasteiger partial charge < -0.3 is 10.2 Å². The Morgan fingerprint density at radius 3 is 2.56 bits per heavy atom. The van der Waals surface area contributed by atoms with Crippen molar-refractivity contribution in [2.45, 2.75) is 6.42 Å². The smallest absolute Gasteiger partial charge is 0.0365 e. The third kappa shape index (κ3) is 3.50. The zero-order valence-corrected chi connectivity index (χ0v) is 13.0. The van der Waals surface area contributed by atoms with Crippen LogP contribution in [0.4, 0.5) is 11.4 Å². The van der Waals surface area contributed by atoms with E-state index in [0.29, 0.717) is 0 Å². The maximum Gasteiger partial charge on any atom is 0.0365 e. The minimum Gasteiger partial charge on any atom is -0.388 e. The van der Waals surface area contributed by atoms with Gasteiger partial charge in [0.25, 0.3) is 0 Å². The Kier molecular flexibility index (Phi) is 4.66. The monoisotopic (exact) mass is 324 g/mol. The van der Waals surface area contributed by atoms with Gasteiger partial charge in [0.1, 0.15) is 0 Å². The summed E-state index contributed by atoms with van der Waals surface area (Å²) in [4.78, 5) is 3.70. The van der Waals surface area contributed by atoms with E-state index in [0.717, 1.165) is 18.7 Å². The number of hydrogen-bond donors (Lipinski definition) is 1. The Morgan fingerprint density at radius 2 is 2.00 bits per heavy atom. The van der Waals surface area contributed by atoms with Gasteiger partial charge in [0.2, 0.25) is 0 Å². The molecule has 0 aliphatic rings. The van der Waals surface area contributed by atoms with Crippen molar-refractivity contribution in [1.82, 2.24) is 0 Å². The zero-order valence-electron chi connectivity index (χ0n) is 10.6. The molecule has 0 aliphatic heterocycles. The molecule has 0 atom stereocenters. The second-order valence-corrected chi connectivity index (χ2v) is 6.11. The van der Waals surface area contributed by atoms with Crippen LogP contribution in [0.2, 0.25) is 0 Å². The largest absolute Gasteiger partial charge is 0.388 e. The molecule has 1 aromatic heterocycles. The molecule has 0 aliphatic carbocycles. The molecule has 2 aromatic rings. The second kappa shape index (κ2) is 6.25. The Balaban J connectivity index is 1.92. The summed E-state index contributed by atoms with van der Waals surface area (Å²) < 4.78 is 1.18. The first-order valence-electron chi connectivity index (χ1n) is 5.91. The fourth-order valence-corrected chi connectivity index (χ4v) is 3.22. The minimum absolute atomic E-state index is 1.03. The molecular formula is C14H17BrN2S. The number of thiophene rings is 1. The van der Waals surface area contributed by atoms with Crippen molar-refractivity contribution in [1.29, 1.82) is 0 Å². The highest BCUT2D eigenvalue weighted by Gasteiger charge is 2.03. The maximum atomic E-state index is 3.49. The van der Waals surface area contributed by atoms with Crippen molar-refractivity contribution < 1.29 is 0 Å². The van der Waals surface area contributed by atoms with Crippen LogP contribution in [0, 0.1) is 0 Å².